The molecule has 1 aromatic heterocycles. The number of H-pyrrole nitrogens is 1. The summed E-state index contributed by atoms with van der Waals surface area (Å²) in [5, 5.41) is 3.99. The summed E-state index contributed by atoms with van der Waals surface area (Å²) < 4.78 is 38.3. The van der Waals surface area contributed by atoms with Crippen molar-refractivity contribution in [2.24, 2.45) is 0 Å². The van der Waals surface area contributed by atoms with Crippen LogP contribution in [-0.4, -0.2) is 62.9 Å². The molecule has 1 atom stereocenters. The lowest BCUT2D eigenvalue weighted by Gasteiger charge is -2.27. The van der Waals surface area contributed by atoms with E-state index in [9.17, 15) is 13.2 Å². The molecule has 1 unspecified atom stereocenters. The number of ether oxygens (including phenoxy) is 2. The summed E-state index contributed by atoms with van der Waals surface area (Å²) in [6.45, 7) is 3.05. The predicted octanol–water partition coefficient (Wildman–Crippen LogP) is 2.88. The number of carbonyl (C=O) groups is 1. The molecule has 1 saturated heterocycles. The van der Waals surface area contributed by atoms with Crippen molar-refractivity contribution >= 4 is 32.4 Å². The van der Waals surface area contributed by atoms with Gasteiger partial charge in [0.1, 0.15) is 10.6 Å². The number of morpholine rings is 1. The zero-order chi connectivity index (χ0) is 22.0. The highest BCUT2D eigenvalue weighted by Crippen LogP contribution is 2.31. The number of ketones is 1. The van der Waals surface area contributed by atoms with Gasteiger partial charge in [-0.25, -0.2) is 8.42 Å². The Morgan fingerprint density at radius 3 is 2.68 bits per heavy atom. The third-order valence-corrected chi connectivity index (χ3v) is 7.30. The number of hydrogen-bond donors (Lipinski definition) is 2. The predicted molar refractivity (Wildman–Crippen MR) is 118 cm³/mol. The first-order valence-electron chi connectivity index (χ1n) is 10.0. The van der Waals surface area contributed by atoms with E-state index in [2.05, 4.69) is 10.3 Å². The Labute approximate surface area is 181 Å². The maximum atomic E-state index is 13.2. The number of para-hydroxylation sites is 1. The van der Waals surface area contributed by atoms with E-state index < -0.39 is 16.1 Å². The van der Waals surface area contributed by atoms with Crippen LogP contribution in [-0.2, 0) is 14.8 Å². The van der Waals surface area contributed by atoms with Crippen molar-refractivity contribution in [2.75, 3.05) is 38.7 Å². The van der Waals surface area contributed by atoms with Crippen LogP contribution in [0.1, 0.15) is 17.3 Å². The molecule has 0 spiro atoms. The largest absolute Gasteiger partial charge is 0.495 e. The second kappa shape index (κ2) is 8.70. The molecule has 164 valence electrons. The molecule has 9 heteroatoms. The van der Waals surface area contributed by atoms with Crippen molar-refractivity contribution in [3.8, 4) is 5.75 Å². The Hall–Kier alpha value is -2.88. The summed E-state index contributed by atoms with van der Waals surface area (Å²) in [7, 11) is -2.32. The number of sulfonamides is 1. The SMILES string of the molecule is COc1ccc(NC(C)C(=O)c2c[nH]c3ccccc23)cc1S(=O)(=O)N1CCOCC1. The van der Waals surface area contributed by atoms with Gasteiger partial charge in [-0.15, -0.1) is 0 Å². The number of rotatable bonds is 7. The van der Waals surface area contributed by atoms with E-state index in [-0.39, 0.29) is 16.4 Å². The van der Waals surface area contributed by atoms with Crippen molar-refractivity contribution in [3.05, 3.63) is 54.2 Å². The van der Waals surface area contributed by atoms with Gasteiger partial charge in [0.05, 0.1) is 26.4 Å². The van der Waals surface area contributed by atoms with E-state index in [4.69, 9.17) is 9.47 Å². The summed E-state index contributed by atoms with van der Waals surface area (Å²) >= 11 is 0. The molecule has 4 rings (SSSR count). The summed E-state index contributed by atoms with van der Waals surface area (Å²) in [4.78, 5) is 16.2. The first-order chi connectivity index (χ1) is 14.9. The van der Waals surface area contributed by atoms with Gasteiger partial charge in [0.25, 0.3) is 0 Å². The molecule has 2 aromatic carbocycles. The number of hydrogen-bond acceptors (Lipinski definition) is 6. The van der Waals surface area contributed by atoms with Gasteiger partial charge < -0.3 is 19.8 Å². The molecular weight excluding hydrogens is 418 g/mol. The number of aromatic nitrogens is 1. The van der Waals surface area contributed by atoms with Crippen LogP contribution in [0.4, 0.5) is 5.69 Å². The van der Waals surface area contributed by atoms with Crippen LogP contribution < -0.4 is 10.1 Å². The highest BCUT2D eigenvalue weighted by molar-refractivity contribution is 7.89. The number of nitrogens with zero attached hydrogens (tertiary/aromatic N) is 1. The second-order valence-electron chi connectivity index (χ2n) is 7.36. The lowest BCUT2D eigenvalue weighted by Crippen LogP contribution is -2.40. The molecule has 0 radical (unpaired) electrons. The normalized spacial score (nSPS) is 16.2. The topological polar surface area (TPSA) is 101 Å². The third-order valence-electron chi connectivity index (χ3n) is 5.38. The Morgan fingerprint density at radius 1 is 1.19 bits per heavy atom. The maximum absolute atomic E-state index is 13.2. The van der Waals surface area contributed by atoms with Gasteiger partial charge in [-0.1, -0.05) is 18.2 Å². The molecule has 31 heavy (non-hydrogen) atoms. The molecule has 8 nitrogen and oxygen atoms in total. The number of anilines is 1. The Balaban J connectivity index is 1.60. The van der Waals surface area contributed by atoms with E-state index >= 15 is 0 Å². The number of Topliss-reactive ketones (excluding diaryl/α,β-unsaturated/α-hetero) is 1. The van der Waals surface area contributed by atoms with E-state index in [1.807, 2.05) is 24.3 Å². The minimum Gasteiger partial charge on any atom is -0.495 e. The first-order valence-corrected chi connectivity index (χ1v) is 11.5. The van der Waals surface area contributed by atoms with Crippen LogP contribution in [0.5, 0.6) is 5.75 Å². The van der Waals surface area contributed by atoms with Gasteiger partial charge in [-0.2, -0.15) is 4.31 Å². The van der Waals surface area contributed by atoms with Crippen LogP contribution in [0.3, 0.4) is 0 Å². The lowest BCUT2D eigenvalue weighted by atomic mass is 10.0. The highest BCUT2D eigenvalue weighted by Gasteiger charge is 2.30. The van der Waals surface area contributed by atoms with Gasteiger partial charge in [0.2, 0.25) is 10.0 Å². The molecule has 0 saturated carbocycles. The molecule has 0 bridgehead atoms. The van der Waals surface area contributed by atoms with Crippen LogP contribution in [0.2, 0.25) is 0 Å². The van der Waals surface area contributed by atoms with E-state index in [0.717, 1.165) is 10.9 Å². The Morgan fingerprint density at radius 2 is 1.94 bits per heavy atom. The van der Waals surface area contributed by atoms with Gasteiger partial charge in [0.15, 0.2) is 5.78 Å². The van der Waals surface area contributed by atoms with Gasteiger partial charge >= 0.3 is 0 Å². The fourth-order valence-corrected chi connectivity index (χ4v) is 5.31. The summed E-state index contributed by atoms with van der Waals surface area (Å²) in [6, 6.07) is 11.9. The minimum atomic E-state index is -3.76. The van der Waals surface area contributed by atoms with Crippen LogP contribution in [0, 0.1) is 0 Å². The smallest absolute Gasteiger partial charge is 0.246 e. The molecular formula is C22H25N3O5S. The van der Waals surface area contributed by atoms with E-state index in [1.54, 1.807) is 25.3 Å². The van der Waals surface area contributed by atoms with E-state index in [0.29, 0.717) is 37.6 Å². The lowest BCUT2D eigenvalue weighted by molar-refractivity contribution is 0.0729. The number of carbonyl (C=O) groups excluding carboxylic acids is 1. The second-order valence-corrected chi connectivity index (χ2v) is 9.27. The number of nitrogens with one attached hydrogen (secondary N) is 2. The van der Waals surface area contributed by atoms with Crippen LogP contribution in [0.25, 0.3) is 10.9 Å². The molecule has 1 aliphatic heterocycles. The monoisotopic (exact) mass is 443 g/mol. The van der Waals surface area contributed by atoms with Crippen molar-refractivity contribution in [2.45, 2.75) is 17.9 Å². The van der Waals surface area contributed by atoms with Gasteiger partial charge in [0, 0.05) is 41.4 Å². The Kier molecular flexibility index (Phi) is 5.99. The average molecular weight is 444 g/mol. The molecule has 1 aliphatic rings. The fourth-order valence-electron chi connectivity index (χ4n) is 3.72. The standard InChI is InChI=1S/C22H25N3O5S/c1-15(22(26)18-14-23-19-6-4-3-5-17(18)19)24-16-7-8-20(29-2)21(13-16)31(27,28)25-9-11-30-12-10-25/h3-8,13-15,23-24H,9-12H2,1-2H3. The number of fused-ring (bicyclic) bond motifs is 1. The summed E-state index contributed by atoms with van der Waals surface area (Å²) in [6.07, 6.45) is 1.70. The molecule has 0 amide bonds. The number of benzene rings is 2. The van der Waals surface area contributed by atoms with E-state index in [1.165, 1.54) is 17.5 Å². The molecule has 2 N–H and O–H groups in total. The van der Waals surface area contributed by atoms with Gasteiger partial charge in [-0.05, 0) is 31.2 Å². The van der Waals surface area contributed by atoms with Crippen molar-refractivity contribution < 1.29 is 22.7 Å². The van der Waals surface area contributed by atoms with Crippen molar-refractivity contribution in [1.29, 1.82) is 0 Å². The first kappa shape index (κ1) is 21.4. The third kappa shape index (κ3) is 4.16. The zero-order valence-electron chi connectivity index (χ0n) is 17.4. The van der Waals surface area contributed by atoms with Crippen LogP contribution in [0.15, 0.2) is 53.6 Å². The number of aromatic amines is 1. The average Bonchev–Trinajstić information content (AvgIpc) is 3.23. The molecule has 0 aliphatic carbocycles. The molecule has 2 heterocycles. The van der Waals surface area contributed by atoms with Gasteiger partial charge in [-0.3, -0.25) is 4.79 Å². The van der Waals surface area contributed by atoms with Crippen LogP contribution >= 0.6 is 0 Å². The highest BCUT2D eigenvalue weighted by atomic mass is 32.2. The van der Waals surface area contributed by atoms with Crippen molar-refractivity contribution in [3.63, 3.8) is 0 Å². The maximum Gasteiger partial charge on any atom is 0.246 e. The fraction of sp³-hybridized carbons (Fsp3) is 0.318. The zero-order valence-corrected chi connectivity index (χ0v) is 18.2. The molecule has 3 aromatic rings. The number of methoxy groups -OCH3 is 1. The minimum absolute atomic E-state index is 0.0636. The summed E-state index contributed by atoms with van der Waals surface area (Å²) in [5.74, 6) is 0.165. The molecule has 1 fully saturated rings. The van der Waals surface area contributed by atoms with Crippen molar-refractivity contribution in [1.82, 2.24) is 9.29 Å². The Bertz CT molecular complexity index is 1200. The summed E-state index contributed by atoms with van der Waals surface area (Å²) in [5.41, 5.74) is 2.00. The quantitative estimate of drug-likeness (QED) is 0.545.